The van der Waals surface area contributed by atoms with Crippen LogP contribution in [0.3, 0.4) is 0 Å². The summed E-state index contributed by atoms with van der Waals surface area (Å²) in [4.78, 5) is 21.9. The molecule has 1 saturated carbocycles. The second-order valence-electron chi connectivity index (χ2n) is 4.96. The number of nitrogens with one attached hydrogen (secondary N) is 1. The minimum Gasteiger partial charge on any atom is -0.376 e. The van der Waals surface area contributed by atoms with Gasteiger partial charge in [-0.15, -0.1) is 0 Å². The normalized spacial score (nSPS) is 15.1. The van der Waals surface area contributed by atoms with Crippen LogP contribution >= 0.6 is 11.6 Å². The van der Waals surface area contributed by atoms with Crippen LogP contribution in [0.2, 0.25) is 5.02 Å². The molecular formula is C14H17ClN2O4. The van der Waals surface area contributed by atoms with E-state index in [1.165, 1.54) is 31.0 Å². The van der Waals surface area contributed by atoms with Gasteiger partial charge in [0.1, 0.15) is 5.02 Å². The van der Waals surface area contributed by atoms with Crippen LogP contribution in [0.15, 0.2) is 18.2 Å². The zero-order chi connectivity index (χ0) is 15.2. The average Bonchev–Trinajstić information content (AvgIpc) is 2.96. The van der Waals surface area contributed by atoms with Gasteiger partial charge in [-0.2, -0.15) is 0 Å². The monoisotopic (exact) mass is 312 g/mol. The van der Waals surface area contributed by atoms with Crippen molar-refractivity contribution in [3.8, 4) is 0 Å². The maximum absolute atomic E-state index is 11.9. The summed E-state index contributed by atoms with van der Waals surface area (Å²) in [6, 6.07) is 3.91. The van der Waals surface area contributed by atoms with E-state index in [2.05, 4.69) is 5.32 Å². The fourth-order valence-corrected chi connectivity index (χ4v) is 2.59. The van der Waals surface area contributed by atoms with Crippen molar-refractivity contribution in [3.05, 3.63) is 38.9 Å². The summed E-state index contributed by atoms with van der Waals surface area (Å²) >= 11 is 5.77. The van der Waals surface area contributed by atoms with Gasteiger partial charge in [0.15, 0.2) is 0 Å². The highest BCUT2D eigenvalue weighted by Crippen LogP contribution is 2.25. The molecule has 0 spiro atoms. The average molecular weight is 313 g/mol. The van der Waals surface area contributed by atoms with Crippen LogP contribution in [-0.2, 0) is 4.74 Å². The molecule has 0 unspecified atom stereocenters. The Balaban J connectivity index is 1.80. The lowest BCUT2D eigenvalue weighted by atomic mass is 10.2. The molecule has 114 valence electrons. The van der Waals surface area contributed by atoms with Gasteiger partial charge in [-0.05, 0) is 25.0 Å². The van der Waals surface area contributed by atoms with E-state index >= 15 is 0 Å². The summed E-state index contributed by atoms with van der Waals surface area (Å²) in [6.45, 7) is 0.876. The highest BCUT2D eigenvalue weighted by molar-refractivity contribution is 6.33. The molecule has 0 aliphatic heterocycles. The number of rotatable bonds is 6. The molecule has 0 heterocycles. The van der Waals surface area contributed by atoms with Gasteiger partial charge in [0.2, 0.25) is 0 Å². The first-order valence-corrected chi connectivity index (χ1v) is 7.29. The third-order valence-corrected chi connectivity index (χ3v) is 3.75. The van der Waals surface area contributed by atoms with Crippen LogP contribution in [-0.4, -0.2) is 30.1 Å². The Bertz CT molecular complexity index is 530. The number of carbonyl (C=O) groups excluding carboxylic acids is 1. The molecule has 1 aliphatic carbocycles. The van der Waals surface area contributed by atoms with Crippen molar-refractivity contribution in [2.75, 3.05) is 13.2 Å². The SMILES string of the molecule is O=C(NCCOC1CCCC1)c1ccc([N+](=O)[O-])c(Cl)c1. The molecule has 1 aromatic rings. The number of hydrogen-bond acceptors (Lipinski definition) is 4. The van der Waals surface area contributed by atoms with Gasteiger partial charge in [0, 0.05) is 18.2 Å². The number of nitrogens with zero attached hydrogens (tertiary/aromatic N) is 1. The number of carbonyl (C=O) groups is 1. The molecular weight excluding hydrogens is 296 g/mol. The highest BCUT2D eigenvalue weighted by atomic mass is 35.5. The van der Waals surface area contributed by atoms with Crippen LogP contribution in [0, 0.1) is 10.1 Å². The van der Waals surface area contributed by atoms with Crippen LogP contribution < -0.4 is 5.32 Å². The Morgan fingerprint density at radius 3 is 2.76 bits per heavy atom. The predicted octanol–water partition coefficient (Wildman–Crippen LogP) is 2.94. The van der Waals surface area contributed by atoms with Gasteiger partial charge in [-0.1, -0.05) is 24.4 Å². The molecule has 1 amide bonds. The van der Waals surface area contributed by atoms with Gasteiger partial charge in [-0.3, -0.25) is 14.9 Å². The smallest absolute Gasteiger partial charge is 0.287 e. The van der Waals surface area contributed by atoms with Crippen molar-refractivity contribution < 1.29 is 14.5 Å². The fourth-order valence-electron chi connectivity index (χ4n) is 2.34. The van der Waals surface area contributed by atoms with Gasteiger partial charge in [-0.25, -0.2) is 0 Å². The molecule has 0 radical (unpaired) electrons. The van der Waals surface area contributed by atoms with E-state index in [0.29, 0.717) is 24.8 Å². The molecule has 1 fully saturated rings. The molecule has 6 nitrogen and oxygen atoms in total. The third kappa shape index (κ3) is 4.41. The lowest BCUT2D eigenvalue weighted by Gasteiger charge is -2.11. The van der Waals surface area contributed by atoms with Crippen molar-refractivity contribution in [1.82, 2.24) is 5.32 Å². The number of hydrogen-bond donors (Lipinski definition) is 1. The number of benzene rings is 1. The van der Waals surface area contributed by atoms with Gasteiger partial charge in [0.25, 0.3) is 11.6 Å². The number of nitro groups is 1. The molecule has 0 saturated heterocycles. The second kappa shape index (κ2) is 7.38. The van der Waals surface area contributed by atoms with Crippen molar-refractivity contribution in [1.29, 1.82) is 0 Å². The summed E-state index contributed by atoms with van der Waals surface area (Å²) in [5.41, 5.74) is 0.0873. The van der Waals surface area contributed by atoms with Crippen LogP contribution in [0.4, 0.5) is 5.69 Å². The van der Waals surface area contributed by atoms with Crippen LogP contribution in [0.5, 0.6) is 0 Å². The first-order valence-electron chi connectivity index (χ1n) is 6.91. The topological polar surface area (TPSA) is 81.5 Å². The maximum atomic E-state index is 11.9. The van der Waals surface area contributed by atoms with E-state index in [9.17, 15) is 14.9 Å². The Kier molecular flexibility index (Phi) is 5.52. The van der Waals surface area contributed by atoms with Crippen molar-refractivity contribution in [2.45, 2.75) is 31.8 Å². The minimum absolute atomic E-state index is 0.0464. The zero-order valence-corrected chi connectivity index (χ0v) is 12.3. The summed E-state index contributed by atoms with van der Waals surface area (Å²) in [7, 11) is 0. The summed E-state index contributed by atoms with van der Waals surface area (Å²) in [5, 5.41) is 13.3. The van der Waals surface area contributed by atoms with Gasteiger partial charge >= 0.3 is 0 Å². The first kappa shape index (κ1) is 15.7. The van der Waals surface area contributed by atoms with E-state index in [4.69, 9.17) is 16.3 Å². The predicted molar refractivity (Wildman–Crippen MR) is 78.6 cm³/mol. The summed E-state index contributed by atoms with van der Waals surface area (Å²) in [6.07, 6.45) is 4.91. The van der Waals surface area contributed by atoms with Crippen LogP contribution in [0.25, 0.3) is 0 Å². The van der Waals surface area contributed by atoms with Crippen molar-refractivity contribution in [3.63, 3.8) is 0 Å². The van der Waals surface area contributed by atoms with E-state index in [1.54, 1.807) is 0 Å². The standard InChI is InChI=1S/C14H17ClN2O4/c15-12-9-10(5-6-13(12)17(19)20)14(18)16-7-8-21-11-3-1-2-4-11/h5-6,9,11H,1-4,7-8H2,(H,16,18). The molecule has 0 aromatic heterocycles. The van der Waals surface area contributed by atoms with Gasteiger partial charge < -0.3 is 10.1 Å². The van der Waals surface area contributed by atoms with Crippen LogP contribution in [0.1, 0.15) is 36.0 Å². The van der Waals surface area contributed by atoms with E-state index < -0.39 is 4.92 Å². The largest absolute Gasteiger partial charge is 0.376 e. The molecule has 1 aliphatic rings. The molecule has 1 aromatic carbocycles. The Labute approximate surface area is 127 Å². The van der Waals surface area contributed by atoms with E-state index in [0.717, 1.165) is 12.8 Å². The zero-order valence-electron chi connectivity index (χ0n) is 11.5. The fraction of sp³-hybridized carbons (Fsp3) is 0.500. The lowest BCUT2D eigenvalue weighted by molar-refractivity contribution is -0.384. The van der Waals surface area contributed by atoms with E-state index in [-0.39, 0.29) is 16.6 Å². The third-order valence-electron chi connectivity index (χ3n) is 3.45. The van der Waals surface area contributed by atoms with Crippen molar-refractivity contribution in [2.24, 2.45) is 0 Å². The maximum Gasteiger partial charge on any atom is 0.287 e. The first-order chi connectivity index (χ1) is 10.1. The summed E-state index contributed by atoms with van der Waals surface area (Å²) < 4.78 is 5.63. The minimum atomic E-state index is -0.584. The Morgan fingerprint density at radius 1 is 1.43 bits per heavy atom. The summed E-state index contributed by atoms with van der Waals surface area (Å²) in [5.74, 6) is -0.318. The second-order valence-corrected chi connectivity index (χ2v) is 5.36. The molecule has 0 atom stereocenters. The highest BCUT2D eigenvalue weighted by Gasteiger charge is 2.16. The lowest BCUT2D eigenvalue weighted by Crippen LogP contribution is -2.28. The quantitative estimate of drug-likeness (QED) is 0.497. The number of nitro benzene ring substituents is 1. The molecule has 21 heavy (non-hydrogen) atoms. The molecule has 0 bridgehead atoms. The Hall–Kier alpha value is -1.66. The van der Waals surface area contributed by atoms with E-state index in [1.807, 2.05) is 0 Å². The van der Waals surface area contributed by atoms with Gasteiger partial charge in [0.05, 0.1) is 17.6 Å². The Morgan fingerprint density at radius 2 is 2.14 bits per heavy atom. The molecule has 7 heteroatoms. The molecule has 2 rings (SSSR count). The van der Waals surface area contributed by atoms with Crippen molar-refractivity contribution >= 4 is 23.2 Å². The number of ether oxygens (including phenoxy) is 1. The number of amides is 1. The molecule has 1 N–H and O–H groups in total. The number of halogens is 1.